The van der Waals surface area contributed by atoms with E-state index in [0.29, 0.717) is 5.75 Å². The molecule has 0 radical (unpaired) electrons. The van der Waals surface area contributed by atoms with E-state index in [1.165, 1.54) is 0 Å². The minimum Gasteiger partial charge on any atom is -0.487 e. The Morgan fingerprint density at radius 2 is 2.06 bits per heavy atom. The Kier molecular flexibility index (Phi) is 5.35. The normalized spacial score (nSPS) is 12.8. The van der Waals surface area contributed by atoms with Crippen molar-refractivity contribution in [1.82, 2.24) is 5.32 Å². The molecular formula is C13H19F2NO. The number of nitrogens with one attached hydrogen (secondary N) is 1. The number of rotatable bonds is 6. The van der Waals surface area contributed by atoms with Crippen LogP contribution >= 0.6 is 0 Å². The van der Waals surface area contributed by atoms with Crippen LogP contribution in [0.2, 0.25) is 0 Å². The highest BCUT2D eigenvalue weighted by Crippen LogP contribution is 2.26. The lowest BCUT2D eigenvalue weighted by Crippen LogP contribution is -2.19. The smallest absolute Gasteiger partial charge is 0.272 e. The molecule has 4 heteroatoms. The molecule has 2 nitrogen and oxygen atoms in total. The van der Waals surface area contributed by atoms with Crippen LogP contribution in [0, 0.1) is 6.92 Å². The maximum atomic E-state index is 12.2. The number of aryl methyl sites for hydroxylation is 1. The number of ether oxygens (including phenoxy) is 1. The van der Waals surface area contributed by atoms with E-state index in [-0.39, 0.29) is 6.04 Å². The molecule has 0 aliphatic carbocycles. The summed E-state index contributed by atoms with van der Waals surface area (Å²) in [6, 6.07) is 5.77. The summed E-state index contributed by atoms with van der Waals surface area (Å²) in [5.74, 6) is 0.541. The van der Waals surface area contributed by atoms with Crippen LogP contribution in [0.15, 0.2) is 18.2 Å². The molecule has 0 saturated carbocycles. The summed E-state index contributed by atoms with van der Waals surface area (Å²) >= 11 is 0. The SMILES string of the molecule is CCNC(C)c1ccc(C)cc1OCC(F)F. The lowest BCUT2D eigenvalue weighted by Gasteiger charge is -2.18. The summed E-state index contributed by atoms with van der Waals surface area (Å²) in [6.07, 6.45) is -2.45. The average Bonchev–Trinajstić information content (AvgIpc) is 2.26. The van der Waals surface area contributed by atoms with Gasteiger partial charge in [-0.15, -0.1) is 0 Å². The van der Waals surface area contributed by atoms with E-state index < -0.39 is 13.0 Å². The molecular weight excluding hydrogens is 224 g/mol. The highest BCUT2D eigenvalue weighted by atomic mass is 19.3. The van der Waals surface area contributed by atoms with Crippen molar-refractivity contribution in [3.8, 4) is 5.75 Å². The number of halogens is 2. The van der Waals surface area contributed by atoms with E-state index >= 15 is 0 Å². The van der Waals surface area contributed by atoms with Crippen molar-refractivity contribution in [3.63, 3.8) is 0 Å². The summed E-state index contributed by atoms with van der Waals surface area (Å²) in [5, 5.41) is 3.24. The van der Waals surface area contributed by atoms with Gasteiger partial charge in [0.15, 0.2) is 0 Å². The molecule has 1 N–H and O–H groups in total. The molecule has 0 aliphatic rings. The molecule has 0 amide bonds. The summed E-state index contributed by atoms with van der Waals surface area (Å²) < 4.78 is 29.5. The number of hydrogen-bond donors (Lipinski definition) is 1. The lowest BCUT2D eigenvalue weighted by atomic mass is 10.0. The first-order valence-corrected chi connectivity index (χ1v) is 5.79. The molecule has 96 valence electrons. The van der Waals surface area contributed by atoms with E-state index in [9.17, 15) is 8.78 Å². The Bertz CT molecular complexity index is 355. The van der Waals surface area contributed by atoms with E-state index in [1.54, 1.807) is 6.07 Å². The van der Waals surface area contributed by atoms with Crippen LogP contribution in [0.3, 0.4) is 0 Å². The second kappa shape index (κ2) is 6.55. The summed E-state index contributed by atoms with van der Waals surface area (Å²) in [7, 11) is 0. The van der Waals surface area contributed by atoms with Gasteiger partial charge in [-0.25, -0.2) is 8.78 Å². The lowest BCUT2D eigenvalue weighted by molar-refractivity contribution is 0.0811. The molecule has 0 aliphatic heterocycles. The first kappa shape index (κ1) is 13.9. The van der Waals surface area contributed by atoms with Crippen LogP contribution in [-0.2, 0) is 0 Å². The second-order valence-electron chi connectivity index (χ2n) is 4.02. The predicted molar refractivity (Wildman–Crippen MR) is 64.8 cm³/mol. The monoisotopic (exact) mass is 243 g/mol. The predicted octanol–water partition coefficient (Wildman–Crippen LogP) is 3.31. The van der Waals surface area contributed by atoms with Gasteiger partial charge in [0.1, 0.15) is 12.4 Å². The standard InChI is InChI=1S/C13H19F2NO/c1-4-16-10(3)11-6-5-9(2)7-12(11)17-8-13(14)15/h5-7,10,13,16H,4,8H2,1-3H3. The van der Waals surface area contributed by atoms with Crippen LogP contribution in [0.5, 0.6) is 5.75 Å². The Labute approximate surface area is 101 Å². The molecule has 0 bridgehead atoms. The number of hydrogen-bond acceptors (Lipinski definition) is 2. The van der Waals surface area contributed by atoms with Crippen molar-refractivity contribution in [2.24, 2.45) is 0 Å². The van der Waals surface area contributed by atoms with Crippen molar-refractivity contribution in [2.45, 2.75) is 33.2 Å². The number of alkyl halides is 2. The van der Waals surface area contributed by atoms with Gasteiger partial charge in [0.2, 0.25) is 0 Å². The third kappa shape index (κ3) is 4.30. The molecule has 17 heavy (non-hydrogen) atoms. The van der Waals surface area contributed by atoms with Crippen LogP contribution in [0.25, 0.3) is 0 Å². The summed E-state index contributed by atoms with van der Waals surface area (Å²) in [6.45, 7) is 6.17. The Hall–Kier alpha value is -1.16. The van der Waals surface area contributed by atoms with Gasteiger partial charge in [-0.1, -0.05) is 19.1 Å². The molecule has 1 atom stereocenters. The first-order valence-electron chi connectivity index (χ1n) is 5.79. The fourth-order valence-electron chi connectivity index (χ4n) is 1.69. The third-order valence-corrected chi connectivity index (χ3v) is 2.51. The average molecular weight is 243 g/mol. The van der Waals surface area contributed by atoms with Crippen LogP contribution in [-0.4, -0.2) is 19.6 Å². The van der Waals surface area contributed by atoms with Crippen LogP contribution in [0.4, 0.5) is 8.78 Å². The Morgan fingerprint density at radius 3 is 2.65 bits per heavy atom. The zero-order valence-electron chi connectivity index (χ0n) is 10.5. The van der Waals surface area contributed by atoms with Crippen molar-refractivity contribution < 1.29 is 13.5 Å². The maximum absolute atomic E-state index is 12.2. The molecule has 0 fully saturated rings. The van der Waals surface area contributed by atoms with Gasteiger partial charge in [0.05, 0.1) is 0 Å². The minimum atomic E-state index is -2.45. The fraction of sp³-hybridized carbons (Fsp3) is 0.538. The third-order valence-electron chi connectivity index (χ3n) is 2.51. The quantitative estimate of drug-likeness (QED) is 0.827. The van der Waals surface area contributed by atoms with Gasteiger partial charge < -0.3 is 10.1 Å². The van der Waals surface area contributed by atoms with Crippen LogP contribution < -0.4 is 10.1 Å². The molecule has 0 spiro atoms. The highest BCUT2D eigenvalue weighted by molar-refractivity contribution is 5.39. The van der Waals surface area contributed by atoms with Crippen molar-refractivity contribution in [1.29, 1.82) is 0 Å². The Morgan fingerprint density at radius 1 is 1.35 bits per heavy atom. The Balaban J connectivity index is 2.87. The molecule has 0 saturated heterocycles. The zero-order chi connectivity index (χ0) is 12.8. The number of benzene rings is 1. The van der Waals surface area contributed by atoms with E-state index in [2.05, 4.69) is 5.32 Å². The van der Waals surface area contributed by atoms with Gasteiger partial charge in [-0.3, -0.25) is 0 Å². The highest BCUT2D eigenvalue weighted by Gasteiger charge is 2.12. The fourth-order valence-corrected chi connectivity index (χ4v) is 1.69. The van der Waals surface area contributed by atoms with E-state index in [1.807, 2.05) is 32.9 Å². The molecule has 0 heterocycles. The van der Waals surface area contributed by atoms with Crippen LogP contribution in [0.1, 0.15) is 31.0 Å². The van der Waals surface area contributed by atoms with Gasteiger partial charge >= 0.3 is 0 Å². The minimum absolute atomic E-state index is 0.0910. The topological polar surface area (TPSA) is 21.3 Å². The zero-order valence-corrected chi connectivity index (χ0v) is 10.5. The van der Waals surface area contributed by atoms with Crippen molar-refractivity contribution in [3.05, 3.63) is 29.3 Å². The molecule has 1 unspecified atom stereocenters. The molecule has 1 rings (SSSR count). The second-order valence-corrected chi connectivity index (χ2v) is 4.02. The first-order chi connectivity index (χ1) is 8.04. The van der Waals surface area contributed by atoms with Gasteiger partial charge in [0, 0.05) is 11.6 Å². The molecule has 1 aromatic carbocycles. The van der Waals surface area contributed by atoms with Gasteiger partial charge in [-0.2, -0.15) is 0 Å². The summed E-state index contributed by atoms with van der Waals surface area (Å²) in [5.41, 5.74) is 1.92. The molecule has 0 aromatic heterocycles. The van der Waals surface area contributed by atoms with E-state index in [4.69, 9.17) is 4.74 Å². The maximum Gasteiger partial charge on any atom is 0.272 e. The van der Waals surface area contributed by atoms with E-state index in [0.717, 1.165) is 17.7 Å². The van der Waals surface area contributed by atoms with Crippen molar-refractivity contribution in [2.75, 3.05) is 13.2 Å². The van der Waals surface area contributed by atoms with Gasteiger partial charge in [-0.05, 0) is 32.0 Å². The summed E-state index contributed by atoms with van der Waals surface area (Å²) in [4.78, 5) is 0. The molecule has 1 aromatic rings. The van der Waals surface area contributed by atoms with Gasteiger partial charge in [0.25, 0.3) is 6.43 Å². The largest absolute Gasteiger partial charge is 0.487 e. The van der Waals surface area contributed by atoms with Crippen molar-refractivity contribution >= 4 is 0 Å².